The first-order chi connectivity index (χ1) is 12.6. The van der Waals surface area contributed by atoms with E-state index in [1.807, 2.05) is 30.3 Å². The predicted molar refractivity (Wildman–Crippen MR) is 103 cm³/mol. The van der Waals surface area contributed by atoms with Gasteiger partial charge in [-0.05, 0) is 49.4 Å². The highest BCUT2D eigenvalue weighted by atomic mass is 32.2. The van der Waals surface area contributed by atoms with Crippen LogP contribution in [0.4, 0.5) is 14.9 Å². The van der Waals surface area contributed by atoms with Crippen molar-refractivity contribution in [2.24, 2.45) is 0 Å². The number of anilines is 1. The summed E-state index contributed by atoms with van der Waals surface area (Å²) in [5.74, 6) is 0.274. The zero-order valence-electron chi connectivity index (χ0n) is 14.5. The number of carbonyl (C=O) groups excluding carboxylic acids is 1. The molecule has 2 aromatic carbocycles. The van der Waals surface area contributed by atoms with Crippen molar-refractivity contribution in [3.8, 4) is 0 Å². The van der Waals surface area contributed by atoms with Gasteiger partial charge in [0.05, 0.1) is 11.8 Å². The zero-order valence-corrected chi connectivity index (χ0v) is 15.3. The molecule has 0 atom stereocenters. The number of nitrogens with one attached hydrogen (secondary N) is 2. The van der Waals surface area contributed by atoms with Crippen LogP contribution >= 0.6 is 11.8 Å². The quantitative estimate of drug-likeness (QED) is 0.673. The maximum atomic E-state index is 13.8. The van der Waals surface area contributed by atoms with Crippen LogP contribution in [0, 0.1) is 5.82 Å². The molecule has 26 heavy (non-hydrogen) atoms. The highest BCUT2D eigenvalue weighted by molar-refractivity contribution is 7.98. The summed E-state index contributed by atoms with van der Waals surface area (Å²) in [4.78, 5) is 13.2. The Labute approximate surface area is 157 Å². The number of aliphatic hydroxyl groups excluding tert-OH is 1. The summed E-state index contributed by atoms with van der Waals surface area (Å²) >= 11 is 1.49. The first-order valence-corrected chi connectivity index (χ1v) is 9.81. The van der Waals surface area contributed by atoms with Crippen LogP contribution in [-0.4, -0.2) is 23.3 Å². The summed E-state index contributed by atoms with van der Waals surface area (Å²) < 4.78 is 13.8. The third kappa shape index (κ3) is 5.22. The molecular formula is C20H23FN2O2S. The van der Waals surface area contributed by atoms with Gasteiger partial charge in [0.25, 0.3) is 0 Å². The molecule has 6 heteroatoms. The van der Waals surface area contributed by atoms with Crippen LogP contribution < -0.4 is 10.6 Å². The van der Waals surface area contributed by atoms with E-state index in [2.05, 4.69) is 10.6 Å². The fourth-order valence-corrected chi connectivity index (χ4v) is 4.03. The maximum Gasteiger partial charge on any atom is 0.319 e. The Morgan fingerprint density at radius 2 is 1.77 bits per heavy atom. The smallest absolute Gasteiger partial charge is 0.319 e. The van der Waals surface area contributed by atoms with Gasteiger partial charge in [-0.1, -0.05) is 30.3 Å². The third-order valence-electron chi connectivity index (χ3n) is 4.51. The lowest BCUT2D eigenvalue weighted by Gasteiger charge is -2.26. The average molecular weight is 374 g/mol. The van der Waals surface area contributed by atoms with Gasteiger partial charge in [-0.2, -0.15) is 0 Å². The Balaban J connectivity index is 1.58. The number of halogens is 1. The Bertz CT molecular complexity index is 748. The van der Waals surface area contributed by atoms with Gasteiger partial charge in [-0.3, -0.25) is 0 Å². The van der Waals surface area contributed by atoms with Crippen LogP contribution in [0.5, 0.6) is 0 Å². The minimum Gasteiger partial charge on any atom is -0.393 e. The zero-order chi connectivity index (χ0) is 18.4. The van der Waals surface area contributed by atoms with E-state index >= 15 is 0 Å². The van der Waals surface area contributed by atoms with Crippen LogP contribution in [0.15, 0.2) is 53.4 Å². The molecule has 3 N–H and O–H groups in total. The lowest BCUT2D eigenvalue weighted by Crippen LogP contribution is -2.40. The molecule has 3 rings (SSSR count). The number of hydrogen-bond donors (Lipinski definition) is 3. The van der Waals surface area contributed by atoms with E-state index in [1.54, 1.807) is 12.1 Å². The van der Waals surface area contributed by atoms with Crippen LogP contribution in [-0.2, 0) is 5.75 Å². The lowest BCUT2D eigenvalue weighted by molar-refractivity contribution is 0.118. The fraction of sp³-hybridized carbons (Fsp3) is 0.350. The van der Waals surface area contributed by atoms with Crippen molar-refractivity contribution in [1.29, 1.82) is 0 Å². The highest BCUT2D eigenvalue weighted by Gasteiger charge is 2.21. The van der Waals surface area contributed by atoms with Crippen LogP contribution in [0.25, 0.3) is 0 Å². The van der Waals surface area contributed by atoms with Crippen molar-refractivity contribution < 1.29 is 14.3 Å². The first kappa shape index (κ1) is 18.7. The number of amides is 2. The second-order valence-corrected chi connectivity index (χ2v) is 7.50. The van der Waals surface area contributed by atoms with Gasteiger partial charge in [0.1, 0.15) is 5.82 Å². The van der Waals surface area contributed by atoms with E-state index in [-0.39, 0.29) is 24.0 Å². The van der Waals surface area contributed by atoms with Gasteiger partial charge in [0.2, 0.25) is 0 Å². The molecule has 0 aromatic heterocycles. The number of hydrogen-bond acceptors (Lipinski definition) is 3. The molecular weight excluding hydrogens is 351 g/mol. The number of carbonyl (C=O) groups is 1. The topological polar surface area (TPSA) is 61.4 Å². The first-order valence-electron chi connectivity index (χ1n) is 8.82. The molecule has 4 nitrogen and oxygen atoms in total. The van der Waals surface area contributed by atoms with Gasteiger partial charge < -0.3 is 15.7 Å². The molecule has 138 valence electrons. The van der Waals surface area contributed by atoms with E-state index in [0.29, 0.717) is 17.0 Å². The highest BCUT2D eigenvalue weighted by Crippen LogP contribution is 2.30. The molecule has 0 bridgehead atoms. The maximum absolute atomic E-state index is 13.8. The van der Waals surface area contributed by atoms with Crippen molar-refractivity contribution in [2.45, 2.75) is 48.5 Å². The number of urea groups is 1. The minimum atomic E-state index is -0.245. The molecule has 0 saturated heterocycles. The Morgan fingerprint density at radius 3 is 2.54 bits per heavy atom. The molecule has 1 saturated carbocycles. The van der Waals surface area contributed by atoms with E-state index in [4.69, 9.17) is 0 Å². The Kier molecular flexibility index (Phi) is 6.52. The molecule has 1 fully saturated rings. The van der Waals surface area contributed by atoms with Crippen molar-refractivity contribution in [3.63, 3.8) is 0 Å². The molecule has 0 unspecified atom stereocenters. The number of thioether (sulfide) groups is 1. The SMILES string of the molecule is O=C(Nc1ccccc1SCc1ccccc1F)NC1CCC(O)CC1. The van der Waals surface area contributed by atoms with Gasteiger partial charge >= 0.3 is 6.03 Å². The third-order valence-corrected chi connectivity index (χ3v) is 5.63. The van der Waals surface area contributed by atoms with E-state index in [1.165, 1.54) is 17.8 Å². The largest absolute Gasteiger partial charge is 0.393 e. The summed E-state index contributed by atoms with van der Waals surface area (Å²) in [7, 11) is 0. The molecule has 1 aliphatic carbocycles. The second-order valence-electron chi connectivity index (χ2n) is 6.48. The van der Waals surface area contributed by atoms with Crippen molar-refractivity contribution in [2.75, 3.05) is 5.32 Å². The molecule has 1 aliphatic rings. The molecule has 0 spiro atoms. The van der Waals surface area contributed by atoms with Crippen molar-refractivity contribution >= 4 is 23.5 Å². The summed E-state index contributed by atoms with van der Waals surface area (Å²) in [6.07, 6.45) is 2.78. The van der Waals surface area contributed by atoms with Crippen LogP contribution in [0.2, 0.25) is 0 Å². The molecule has 2 aromatic rings. The van der Waals surface area contributed by atoms with Gasteiger partial charge in [0, 0.05) is 16.7 Å². The number of benzene rings is 2. The van der Waals surface area contributed by atoms with E-state index in [0.717, 1.165) is 30.6 Å². The molecule has 0 heterocycles. The molecule has 0 radical (unpaired) electrons. The summed E-state index contributed by atoms with van der Waals surface area (Å²) in [5.41, 5.74) is 1.35. The lowest BCUT2D eigenvalue weighted by atomic mass is 9.93. The van der Waals surface area contributed by atoms with E-state index in [9.17, 15) is 14.3 Å². The Morgan fingerprint density at radius 1 is 1.08 bits per heavy atom. The van der Waals surface area contributed by atoms with Crippen LogP contribution in [0.1, 0.15) is 31.2 Å². The van der Waals surface area contributed by atoms with Crippen LogP contribution in [0.3, 0.4) is 0 Å². The second kappa shape index (κ2) is 9.05. The van der Waals surface area contributed by atoms with E-state index < -0.39 is 0 Å². The van der Waals surface area contributed by atoms with Gasteiger partial charge in [0.15, 0.2) is 0 Å². The number of rotatable bonds is 5. The average Bonchev–Trinajstić information content (AvgIpc) is 2.64. The summed E-state index contributed by atoms with van der Waals surface area (Å²) in [6, 6.07) is 14.1. The monoisotopic (exact) mass is 374 g/mol. The summed E-state index contributed by atoms with van der Waals surface area (Å²) in [6.45, 7) is 0. The molecule has 0 aliphatic heterocycles. The van der Waals surface area contributed by atoms with Crippen molar-refractivity contribution in [1.82, 2.24) is 5.32 Å². The van der Waals surface area contributed by atoms with Crippen molar-refractivity contribution in [3.05, 3.63) is 59.9 Å². The summed E-state index contributed by atoms with van der Waals surface area (Å²) in [5, 5.41) is 15.4. The molecule has 2 amide bonds. The fourth-order valence-electron chi connectivity index (χ4n) is 3.03. The van der Waals surface area contributed by atoms with Gasteiger partial charge in [-0.15, -0.1) is 11.8 Å². The predicted octanol–water partition coefficient (Wildman–Crippen LogP) is 4.54. The standard InChI is InChI=1S/C20H23FN2O2S/c21-17-6-2-1-5-14(17)13-26-19-8-4-3-7-18(19)23-20(25)22-15-9-11-16(24)12-10-15/h1-8,15-16,24H,9-13H2,(H2,22,23,25). The Hall–Kier alpha value is -2.05. The van der Waals surface area contributed by atoms with Gasteiger partial charge in [-0.25, -0.2) is 9.18 Å². The number of para-hydroxylation sites is 1. The number of aliphatic hydroxyl groups is 1. The normalized spacial score (nSPS) is 19.8. The minimum absolute atomic E-state index is 0.0941.